The maximum absolute atomic E-state index is 12.9. The Kier molecular flexibility index (Phi) is 5.19. The molecule has 1 fully saturated rings. The van der Waals surface area contributed by atoms with E-state index in [-0.39, 0.29) is 17.9 Å². The van der Waals surface area contributed by atoms with Crippen LogP contribution in [0, 0.1) is 0 Å². The highest BCUT2D eigenvalue weighted by atomic mass is 16.2. The van der Waals surface area contributed by atoms with Crippen LogP contribution in [0.2, 0.25) is 0 Å². The lowest BCUT2D eigenvalue weighted by Crippen LogP contribution is -2.37. The lowest BCUT2D eigenvalue weighted by atomic mass is 9.95. The third-order valence-electron chi connectivity index (χ3n) is 5.61. The van der Waals surface area contributed by atoms with E-state index in [9.17, 15) is 9.59 Å². The Balaban J connectivity index is 1.45. The minimum Gasteiger partial charge on any atom is -0.349 e. The van der Waals surface area contributed by atoms with E-state index in [1.807, 2.05) is 17.0 Å². The van der Waals surface area contributed by atoms with Crippen LogP contribution >= 0.6 is 0 Å². The number of fused-ring (bicyclic) bond motifs is 1. The van der Waals surface area contributed by atoms with Gasteiger partial charge in [0.15, 0.2) is 0 Å². The summed E-state index contributed by atoms with van der Waals surface area (Å²) in [6.45, 7) is 1.29. The number of benzene rings is 1. The second-order valence-corrected chi connectivity index (χ2v) is 7.52. The fraction of sp³-hybridized carbons (Fsp3) is 0.409. The van der Waals surface area contributed by atoms with E-state index in [1.165, 1.54) is 17.5 Å². The molecule has 27 heavy (non-hydrogen) atoms. The van der Waals surface area contributed by atoms with E-state index < -0.39 is 0 Å². The Morgan fingerprint density at radius 2 is 1.74 bits per heavy atom. The molecule has 4 rings (SSSR count). The van der Waals surface area contributed by atoms with Gasteiger partial charge in [0.2, 0.25) is 0 Å². The molecule has 1 N–H and O–H groups in total. The van der Waals surface area contributed by atoms with Crippen LogP contribution in [0.4, 0.5) is 0 Å². The van der Waals surface area contributed by atoms with Crippen molar-refractivity contribution in [2.24, 2.45) is 0 Å². The van der Waals surface area contributed by atoms with Crippen molar-refractivity contribution in [3.63, 3.8) is 0 Å². The Bertz CT molecular complexity index is 843. The fourth-order valence-corrected chi connectivity index (χ4v) is 4.05. The molecule has 1 aromatic carbocycles. The molecule has 5 heteroatoms. The van der Waals surface area contributed by atoms with E-state index >= 15 is 0 Å². The van der Waals surface area contributed by atoms with Crippen LogP contribution in [0.1, 0.15) is 63.9 Å². The van der Waals surface area contributed by atoms with Crippen molar-refractivity contribution < 1.29 is 9.59 Å². The van der Waals surface area contributed by atoms with Crippen LogP contribution < -0.4 is 5.32 Å². The predicted octanol–water partition coefficient (Wildman–Crippen LogP) is 3.34. The van der Waals surface area contributed by atoms with Gasteiger partial charge in [-0.2, -0.15) is 0 Å². The standard InChI is InChI=1S/C22H25N3O2/c26-21(24-20-8-2-1-3-9-20)18-12-19(14-23-13-18)22(27)25-11-10-16-6-4-5-7-17(16)15-25/h4-7,12-14,20H,1-3,8-11,15H2,(H,24,26). The average molecular weight is 363 g/mol. The highest BCUT2D eigenvalue weighted by Gasteiger charge is 2.23. The van der Waals surface area contributed by atoms with E-state index in [1.54, 1.807) is 18.5 Å². The summed E-state index contributed by atoms with van der Waals surface area (Å²) < 4.78 is 0. The van der Waals surface area contributed by atoms with E-state index in [0.717, 1.165) is 32.1 Å². The Labute approximate surface area is 159 Å². The maximum atomic E-state index is 12.9. The molecule has 0 radical (unpaired) electrons. The Hall–Kier alpha value is -2.69. The van der Waals surface area contributed by atoms with Gasteiger partial charge < -0.3 is 10.2 Å². The number of nitrogens with zero attached hydrogens (tertiary/aromatic N) is 2. The first-order valence-electron chi connectivity index (χ1n) is 9.83. The summed E-state index contributed by atoms with van der Waals surface area (Å²) in [6, 6.07) is 10.1. The SMILES string of the molecule is O=C(NC1CCCCC1)c1cncc(C(=O)N2CCc3ccccc3C2)c1. The summed E-state index contributed by atoms with van der Waals surface area (Å²) in [5.74, 6) is -0.197. The topological polar surface area (TPSA) is 62.3 Å². The molecule has 0 saturated heterocycles. The van der Waals surface area contributed by atoms with Crippen molar-refractivity contribution in [3.8, 4) is 0 Å². The molecular weight excluding hydrogens is 338 g/mol. The summed E-state index contributed by atoms with van der Waals surface area (Å²) in [7, 11) is 0. The van der Waals surface area contributed by atoms with Crippen molar-refractivity contribution in [2.45, 2.75) is 51.1 Å². The summed E-state index contributed by atoms with van der Waals surface area (Å²) >= 11 is 0. The number of nitrogens with one attached hydrogen (secondary N) is 1. The molecule has 2 aromatic rings. The number of hydrogen-bond donors (Lipinski definition) is 1. The number of carbonyl (C=O) groups is 2. The van der Waals surface area contributed by atoms with Crippen LogP contribution in [-0.2, 0) is 13.0 Å². The minimum absolute atomic E-state index is 0.0654. The average Bonchev–Trinajstić information content (AvgIpc) is 2.73. The van der Waals surface area contributed by atoms with E-state index in [2.05, 4.69) is 22.4 Å². The fourth-order valence-electron chi connectivity index (χ4n) is 4.05. The highest BCUT2D eigenvalue weighted by Crippen LogP contribution is 2.21. The first kappa shape index (κ1) is 17.7. The summed E-state index contributed by atoms with van der Waals surface area (Å²) in [5, 5.41) is 3.09. The molecule has 0 spiro atoms. The molecule has 1 aliphatic carbocycles. The smallest absolute Gasteiger partial charge is 0.255 e. The van der Waals surface area contributed by atoms with Crippen LogP contribution in [0.15, 0.2) is 42.7 Å². The second kappa shape index (κ2) is 7.91. The van der Waals surface area contributed by atoms with Crippen molar-refractivity contribution in [1.82, 2.24) is 15.2 Å². The number of aromatic nitrogens is 1. The second-order valence-electron chi connectivity index (χ2n) is 7.52. The highest BCUT2D eigenvalue weighted by molar-refractivity contribution is 5.99. The third kappa shape index (κ3) is 4.02. The van der Waals surface area contributed by atoms with Gasteiger partial charge >= 0.3 is 0 Å². The molecular formula is C22H25N3O2. The van der Waals surface area contributed by atoms with Gasteiger partial charge in [0, 0.05) is 31.5 Å². The van der Waals surface area contributed by atoms with Gasteiger partial charge in [-0.3, -0.25) is 14.6 Å². The van der Waals surface area contributed by atoms with Crippen molar-refractivity contribution in [1.29, 1.82) is 0 Å². The zero-order valence-electron chi connectivity index (χ0n) is 15.5. The van der Waals surface area contributed by atoms with Crippen molar-refractivity contribution >= 4 is 11.8 Å². The van der Waals surface area contributed by atoms with Gasteiger partial charge in [0.05, 0.1) is 11.1 Å². The Morgan fingerprint density at radius 3 is 2.56 bits per heavy atom. The monoisotopic (exact) mass is 363 g/mol. The number of amides is 2. The number of rotatable bonds is 3. The molecule has 0 bridgehead atoms. The predicted molar refractivity (Wildman–Crippen MR) is 103 cm³/mol. The van der Waals surface area contributed by atoms with Crippen molar-refractivity contribution in [3.05, 3.63) is 65.0 Å². The number of hydrogen-bond acceptors (Lipinski definition) is 3. The van der Waals surface area contributed by atoms with Crippen LogP contribution in [0.25, 0.3) is 0 Å². The summed E-state index contributed by atoms with van der Waals surface area (Å²) in [4.78, 5) is 31.5. The molecule has 0 unspecified atom stereocenters. The summed E-state index contributed by atoms with van der Waals surface area (Å²) in [5.41, 5.74) is 3.44. The largest absolute Gasteiger partial charge is 0.349 e. The van der Waals surface area contributed by atoms with Gasteiger partial charge in [-0.25, -0.2) is 0 Å². The van der Waals surface area contributed by atoms with Crippen molar-refractivity contribution in [2.75, 3.05) is 6.54 Å². The number of carbonyl (C=O) groups excluding carboxylic acids is 2. The minimum atomic E-state index is -0.131. The molecule has 5 nitrogen and oxygen atoms in total. The first-order valence-corrected chi connectivity index (χ1v) is 9.83. The molecule has 0 atom stereocenters. The molecule has 2 amide bonds. The molecule has 1 saturated carbocycles. The lowest BCUT2D eigenvalue weighted by Gasteiger charge is -2.29. The van der Waals surface area contributed by atoms with Crippen LogP contribution in [0.3, 0.4) is 0 Å². The van der Waals surface area contributed by atoms with E-state index in [4.69, 9.17) is 0 Å². The zero-order chi connectivity index (χ0) is 18.6. The van der Waals surface area contributed by atoms with Gasteiger partial charge in [-0.1, -0.05) is 43.5 Å². The normalized spacial score (nSPS) is 17.3. The Morgan fingerprint density at radius 1 is 1.00 bits per heavy atom. The maximum Gasteiger partial charge on any atom is 0.255 e. The zero-order valence-corrected chi connectivity index (χ0v) is 15.5. The third-order valence-corrected chi connectivity index (χ3v) is 5.61. The van der Waals surface area contributed by atoms with Gasteiger partial charge in [0.1, 0.15) is 0 Å². The molecule has 140 valence electrons. The molecule has 1 aromatic heterocycles. The number of pyridine rings is 1. The van der Waals surface area contributed by atoms with Gasteiger partial charge in [0.25, 0.3) is 11.8 Å². The first-order chi connectivity index (χ1) is 13.2. The van der Waals surface area contributed by atoms with Crippen LogP contribution in [0.5, 0.6) is 0 Å². The lowest BCUT2D eigenvalue weighted by molar-refractivity contribution is 0.0734. The van der Waals surface area contributed by atoms with Crippen LogP contribution in [-0.4, -0.2) is 34.3 Å². The summed E-state index contributed by atoms with van der Waals surface area (Å²) in [6.07, 6.45) is 9.60. The van der Waals surface area contributed by atoms with Gasteiger partial charge in [-0.05, 0) is 36.5 Å². The molecule has 1 aliphatic heterocycles. The molecule has 2 heterocycles. The van der Waals surface area contributed by atoms with Gasteiger partial charge in [-0.15, -0.1) is 0 Å². The molecule has 2 aliphatic rings. The quantitative estimate of drug-likeness (QED) is 0.910. The van der Waals surface area contributed by atoms with E-state index in [0.29, 0.717) is 24.2 Å².